The Morgan fingerprint density at radius 2 is 1.59 bits per heavy atom. The molecule has 0 radical (unpaired) electrons. The van der Waals surface area contributed by atoms with E-state index < -0.39 is 29.9 Å². The third kappa shape index (κ3) is 5.70. The molecule has 2 N–H and O–H groups in total. The molecule has 0 saturated heterocycles. The van der Waals surface area contributed by atoms with Crippen molar-refractivity contribution >= 4 is 29.4 Å². The number of carbonyl (C=O) groups excluding carboxylic acids is 3. The van der Waals surface area contributed by atoms with E-state index in [0.29, 0.717) is 11.3 Å². The summed E-state index contributed by atoms with van der Waals surface area (Å²) >= 11 is 0. The topological polar surface area (TPSA) is 107 Å². The Hall–Kier alpha value is -3.94. The van der Waals surface area contributed by atoms with Crippen molar-refractivity contribution in [2.45, 2.75) is 39.3 Å². The lowest BCUT2D eigenvalue weighted by Crippen LogP contribution is -2.56. The largest absolute Gasteiger partial charge is 0.480 e. The normalized spacial score (nSPS) is 16.8. The van der Waals surface area contributed by atoms with Gasteiger partial charge in [0.2, 0.25) is 11.8 Å². The van der Waals surface area contributed by atoms with Gasteiger partial charge < -0.3 is 15.3 Å². The maximum absolute atomic E-state index is 13.5. The minimum absolute atomic E-state index is 0.115. The SMILES string of the molecule is CC(=O)N1C=C(c2ccccc2)N(CC(=O)N[C@@H](Cc2ccccc2)C(=O)O)C(=O)[C@@H]1C(C)C. The molecule has 178 valence electrons. The molecule has 3 rings (SSSR count). The summed E-state index contributed by atoms with van der Waals surface area (Å²) < 4.78 is 0. The van der Waals surface area contributed by atoms with Gasteiger partial charge in [0, 0.05) is 19.5 Å². The first-order chi connectivity index (χ1) is 16.2. The molecule has 0 bridgehead atoms. The van der Waals surface area contributed by atoms with Gasteiger partial charge in [-0.2, -0.15) is 0 Å². The summed E-state index contributed by atoms with van der Waals surface area (Å²) in [6, 6.07) is 16.1. The standard InChI is InChI=1S/C26H29N3O5/c1-17(2)24-25(32)29(22(15-28(24)18(3)30)20-12-8-5-9-13-20)16-23(31)27-21(26(33)34)14-19-10-6-4-7-11-19/h4-13,15,17,21,24H,14,16H2,1-3H3,(H,27,31)(H,33,34)/t21-,24-/m0/s1. The molecule has 0 spiro atoms. The van der Waals surface area contributed by atoms with Crippen molar-refractivity contribution in [2.24, 2.45) is 5.92 Å². The summed E-state index contributed by atoms with van der Waals surface area (Å²) in [5.74, 6) is -2.63. The number of rotatable bonds is 8. The molecule has 2 aromatic rings. The van der Waals surface area contributed by atoms with Crippen LogP contribution in [0.25, 0.3) is 5.70 Å². The lowest BCUT2D eigenvalue weighted by Gasteiger charge is -2.40. The van der Waals surface area contributed by atoms with Crippen LogP contribution in [-0.4, -0.2) is 57.2 Å². The molecule has 1 heterocycles. The highest BCUT2D eigenvalue weighted by molar-refractivity contribution is 5.99. The first-order valence-electron chi connectivity index (χ1n) is 11.1. The van der Waals surface area contributed by atoms with Crippen LogP contribution in [0.1, 0.15) is 31.9 Å². The summed E-state index contributed by atoms with van der Waals surface area (Å²) in [6.07, 6.45) is 1.71. The number of amides is 3. The van der Waals surface area contributed by atoms with Crippen LogP contribution in [-0.2, 0) is 25.6 Å². The third-order valence-electron chi connectivity index (χ3n) is 5.65. The Kier molecular flexibility index (Phi) is 7.83. The molecule has 3 amide bonds. The predicted molar refractivity (Wildman–Crippen MR) is 127 cm³/mol. The Morgan fingerprint density at radius 1 is 1.00 bits per heavy atom. The van der Waals surface area contributed by atoms with Crippen molar-refractivity contribution in [3.63, 3.8) is 0 Å². The number of carboxylic acids is 1. The van der Waals surface area contributed by atoms with E-state index in [0.717, 1.165) is 5.56 Å². The van der Waals surface area contributed by atoms with Crippen LogP contribution in [0.15, 0.2) is 66.9 Å². The summed E-state index contributed by atoms with van der Waals surface area (Å²) in [6.45, 7) is 4.69. The smallest absolute Gasteiger partial charge is 0.326 e. The molecule has 0 aromatic heterocycles. The van der Waals surface area contributed by atoms with E-state index in [1.165, 1.54) is 16.7 Å². The minimum Gasteiger partial charge on any atom is -0.480 e. The van der Waals surface area contributed by atoms with E-state index in [1.807, 2.05) is 26.0 Å². The zero-order valence-electron chi connectivity index (χ0n) is 19.5. The average molecular weight is 464 g/mol. The maximum Gasteiger partial charge on any atom is 0.326 e. The van der Waals surface area contributed by atoms with Gasteiger partial charge in [0.05, 0.1) is 5.70 Å². The lowest BCUT2D eigenvalue weighted by atomic mass is 9.97. The van der Waals surface area contributed by atoms with Crippen molar-refractivity contribution in [3.8, 4) is 0 Å². The van der Waals surface area contributed by atoms with Gasteiger partial charge >= 0.3 is 5.97 Å². The molecule has 34 heavy (non-hydrogen) atoms. The molecule has 0 fully saturated rings. The number of carbonyl (C=O) groups is 4. The van der Waals surface area contributed by atoms with Crippen LogP contribution < -0.4 is 5.32 Å². The maximum atomic E-state index is 13.5. The molecule has 8 nitrogen and oxygen atoms in total. The number of aliphatic carboxylic acids is 1. The summed E-state index contributed by atoms with van der Waals surface area (Å²) in [5, 5.41) is 12.2. The first kappa shape index (κ1) is 24.7. The fourth-order valence-corrected chi connectivity index (χ4v) is 4.01. The number of hydrogen-bond donors (Lipinski definition) is 2. The quantitative estimate of drug-likeness (QED) is 0.626. The Balaban J connectivity index is 1.89. The van der Waals surface area contributed by atoms with E-state index in [2.05, 4.69) is 5.32 Å². The number of hydrogen-bond acceptors (Lipinski definition) is 4. The van der Waals surface area contributed by atoms with Crippen LogP contribution >= 0.6 is 0 Å². The molecule has 2 atom stereocenters. The van der Waals surface area contributed by atoms with E-state index in [4.69, 9.17) is 0 Å². The van der Waals surface area contributed by atoms with Gasteiger partial charge in [-0.05, 0) is 17.0 Å². The van der Waals surface area contributed by atoms with Crippen molar-refractivity contribution in [3.05, 3.63) is 78.0 Å². The number of nitrogens with zero attached hydrogens (tertiary/aromatic N) is 2. The van der Waals surface area contributed by atoms with Crippen molar-refractivity contribution in [1.82, 2.24) is 15.1 Å². The number of carboxylic acid groups (broad SMARTS) is 1. The zero-order valence-corrected chi connectivity index (χ0v) is 19.5. The van der Waals surface area contributed by atoms with Crippen LogP contribution in [0, 0.1) is 5.92 Å². The molecular formula is C26H29N3O5. The second-order valence-corrected chi connectivity index (χ2v) is 8.57. The summed E-state index contributed by atoms with van der Waals surface area (Å²) in [5.41, 5.74) is 1.84. The van der Waals surface area contributed by atoms with Crippen molar-refractivity contribution in [1.29, 1.82) is 0 Å². The predicted octanol–water partition coefficient (Wildman–Crippen LogP) is 2.51. The van der Waals surface area contributed by atoms with Gasteiger partial charge in [-0.25, -0.2) is 4.79 Å². The molecule has 1 aliphatic rings. The third-order valence-corrected chi connectivity index (χ3v) is 5.65. The van der Waals surface area contributed by atoms with Crippen molar-refractivity contribution in [2.75, 3.05) is 6.54 Å². The number of benzene rings is 2. The van der Waals surface area contributed by atoms with E-state index in [1.54, 1.807) is 54.7 Å². The van der Waals surface area contributed by atoms with Crippen molar-refractivity contribution < 1.29 is 24.3 Å². The second-order valence-electron chi connectivity index (χ2n) is 8.57. The van der Waals surface area contributed by atoms with E-state index in [-0.39, 0.29) is 24.8 Å². The van der Waals surface area contributed by atoms with Gasteiger partial charge in [-0.3, -0.25) is 19.3 Å². The minimum atomic E-state index is -1.16. The highest BCUT2D eigenvalue weighted by Gasteiger charge is 2.40. The molecular weight excluding hydrogens is 434 g/mol. The van der Waals surface area contributed by atoms with Crippen LogP contribution in [0.2, 0.25) is 0 Å². The molecule has 0 saturated carbocycles. The van der Waals surface area contributed by atoms with Crippen LogP contribution in [0.4, 0.5) is 0 Å². The molecule has 8 heteroatoms. The Bertz CT molecular complexity index is 1080. The van der Waals surface area contributed by atoms with Gasteiger partial charge in [0.15, 0.2) is 0 Å². The van der Waals surface area contributed by atoms with Gasteiger partial charge in [-0.1, -0.05) is 74.5 Å². The zero-order chi connectivity index (χ0) is 24.8. The fourth-order valence-electron chi connectivity index (χ4n) is 4.01. The van der Waals surface area contributed by atoms with E-state index >= 15 is 0 Å². The van der Waals surface area contributed by atoms with Gasteiger partial charge in [0.25, 0.3) is 5.91 Å². The summed E-state index contributed by atoms with van der Waals surface area (Å²) in [4.78, 5) is 53.3. The fraction of sp³-hybridized carbons (Fsp3) is 0.308. The highest BCUT2D eigenvalue weighted by Crippen LogP contribution is 2.29. The van der Waals surface area contributed by atoms with Crippen LogP contribution in [0.3, 0.4) is 0 Å². The molecule has 2 aromatic carbocycles. The van der Waals surface area contributed by atoms with Gasteiger partial charge in [-0.15, -0.1) is 0 Å². The number of nitrogens with one attached hydrogen (secondary N) is 1. The molecule has 0 aliphatic carbocycles. The monoisotopic (exact) mass is 463 g/mol. The van der Waals surface area contributed by atoms with Gasteiger partial charge in [0.1, 0.15) is 18.6 Å². The Morgan fingerprint density at radius 3 is 2.12 bits per heavy atom. The van der Waals surface area contributed by atoms with E-state index in [9.17, 15) is 24.3 Å². The highest BCUT2D eigenvalue weighted by atomic mass is 16.4. The second kappa shape index (κ2) is 10.8. The average Bonchev–Trinajstić information content (AvgIpc) is 2.80. The summed E-state index contributed by atoms with van der Waals surface area (Å²) in [7, 11) is 0. The first-order valence-corrected chi connectivity index (χ1v) is 11.1. The molecule has 0 unspecified atom stereocenters. The molecule has 1 aliphatic heterocycles. The lowest BCUT2D eigenvalue weighted by molar-refractivity contribution is -0.145. The van der Waals surface area contributed by atoms with Crippen LogP contribution in [0.5, 0.6) is 0 Å². The Labute approximate surface area is 198 Å².